The number of hydrazone groups is 1. The van der Waals surface area contributed by atoms with Crippen LogP contribution in [0.1, 0.15) is 27.0 Å². The van der Waals surface area contributed by atoms with E-state index in [0.717, 1.165) is 22.4 Å². The number of hydrogen-bond acceptors (Lipinski definition) is 5. The standard InChI is InChI=1S/C17H17N3O4/c1-11-12(2)16(24-3)8-7-14(11)10-18-19-17(21)13-5-4-6-15(9-13)20(22)23/h4-10H,1-3H3,(H,19,21). The van der Waals surface area contributed by atoms with Gasteiger partial charge in [-0.2, -0.15) is 5.10 Å². The van der Waals surface area contributed by atoms with Gasteiger partial charge in [0.2, 0.25) is 0 Å². The van der Waals surface area contributed by atoms with E-state index in [-0.39, 0.29) is 11.3 Å². The van der Waals surface area contributed by atoms with Crippen molar-refractivity contribution in [2.45, 2.75) is 13.8 Å². The fourth-order valence-corrected chi connectivity index (χ4v) is 2.16. The largest absolute Gasteiger partial charge is 0.496 e. The van der Waals surface area contributed by atoms with Crippen LogP contribution in [0.25, 0.3) is 0 Å². The highest BCUT2D eigenvalue weighted by Gasteiger charge is 2.11. The Morgan fingerprint density at radius 1 is 1.25 bits per heavy atom. The molecule has 0 heterocycles. The van der Waals surface area contributed by atoms with Crippen LogP contribution >= 0.6 is 0 Å². The second-order valence-corrected chi connectivity index (χ2v) is 5.11. The van der Waals surface area contributed by atoms with Gasteiger partial charge < -0.3 is 4.74 Å². The molecule has 0 spiro atoms. The number of ether oxygens (including phenoxy) is 1. The van der Waals surface area contributed by atoms with Gasteiger partial charge in [-0.05, 0) is 48.7 Å². The van der Waals surface area contributed by atoms with E-state index in [1.165, 1.54) is 30.5 Å². The molecule has 0 aromatic heterocycles. The maximum Gasteiger partial charge on any atom is 0.271 e. The number of hydrogen-bond donors (Lipinski definition) is 1. The number of carbonyl (C=O) groups excluding carboxylic acids is 1. The Morgan fingerprint density at radius 3 is 2.67 bits per heavy atom. The average Bonchev–Trinajstić information content (AvgIpc) is 2.58. The summed E-state index contributed by atoms with van der Waals surface area (Å²) in [6, 6.07) is 9.13. The monoisotopic (exact) mass is 327 g/mol. The minimum atomic E-state index is -0.552. The van der Waals surface area contributed by atoms with Gasteiger partial charge in [-0.1, -0.05) is 6.07 Å². The second-order valence-electron chi connectivity index (χ2n) is 5.11. The van der Waals surface area contributed by atoms with Crippen molar-refractivity contribution < 1.29 is 14.5 Å². The second kappa shape index (κ2) is 7.36. The summed E-state index contributed by atoms with van der Waals surface area (Å²) in [4.78, 5) is 22.2. The first-order valence-electron chi connectivity index (χ1n) is 7.16. The van der Waals surface area contributed by atoms with Crippen molar-refractivity contribution in [2.75, 3.05) is 7.11 Å². The van der Waals surface area contributed by atoms with Crippen LogP contribution in [0.4, 0.5) is 5.69 Å². The molecule has 7 heteroatoms. The van der Waals surface area contributed by atoms with Gasteiger partial charge in [0.05, 0.1) is 18.2 Å². The summed E-state index contributed by atoms with van der Waals surface area (Å²) in [5, 5.41) is 14.6. The lowest BCUT2D eigenvalue weighted by molar-refractivity contribution is -0.384. The van der Waals surface area contributed by atoms with Gasteiger partial charge in [0, 0.05) is 17.7 Å². The van der Waals surface area contributed by atoms with Crippen molar-refractivity contribution in [1.29, 1.82) is 0 Å². The van der Waals surface area contributed by atoms with Crippen molar-refractivity contribution in [3.63, 3.8) is 0 Å². The average molecular weight is 327 g/mol. The summed E-state index contributed by atoms with van der Waals surface area (Å²) in [6.45, 7) is 3.87. The van der Waals surface area contributed by atoms with Crippen LogP contribution in [-0.4, -0.2) is 24.2 Å². The topological polar surface area (TPSA) is 93.8 Å². The van der Waals surface area contributed by atoms with Crippen molar-refractivity contribution in [2.24, 2.45) is 5.10 Å². The van der Waals surface area contributed by atoms with E-state index in [1.54, 1.807) is 7.11 Å². The first-order valence-corrected chi connectivity index (χ1v) is 7.16. The van der Waals surface area contributed by atoms with E-state index in [1.807, 2.05) is 26.0 Å². The van der Waals surface area contributed by atoms with Crippen molar-refractivity contribution in [3.05, 3.63) is 68.8 Å². The Morgan fingerprint density at radius 2 is 2.00 bits per heavy atom. The molecular weight excluding hydrogens is 310 g/mol. The predicted molar refractivity (Wildman–Crippen MR) is 90.6 cm³/mol. The number of non-ortho nitro benzene ring substituents is 1. The van der Waals surface area contributed by atoms with Crippen molar-refractivity contribution >= 4 is 17.8 Å². The highest BCUT2D eigenvalue weighted by Crippen LogP contribution is 2.22. The summed E-state index contributed by atoms with van der Waals surface area (Å²) in [6.07, 6.45) is 1.52. The summed E-state index contributed by atoms with van der Waals surface area (Å²) >= 11 is 0. The highest BCUT2D eigenvalue weighted by atomic mass is 16.6. The van der Waals surface area contributed by atoms with Gasteiger partial charge in [-0.15, -0.1) is 0 Å². The number of nitrogens with one attached hydrogen (secondary N) is 1. The number of amides is 1. The number of rotatable bonds is 5. The number of nitro benzene ring substituents is 1. The van der Waals surface area contributed by atoms with Gasteiger partial charge in [-0.3, -0.25) is 14.9 Å². The number of nitro groups is 1. The first-order chi connectivity index (χ1) is 11.4. The molecule has 0 bridgehead atoms. The maximum atomic E-state index is 12.0. The zero-order valence-corrected chi connectivity index (χ0v) is 13.6. The summed E-state index contributed by atoms with van der Waals surface area (Å²) in [5.41, 5.74) is 5.21. The third-order valence-electron chi connectivity index (χ3n) is 3.69. The van der Waals surface area contributed by atoms with Crippen LogP contribution in [0.15, 0.2) is 41.5 Å². The van der Waals surface area contributed by atoms with Gasteiger partial charge in [0.1, 0.15) is 5.75 Å². The molecular formula is C17H17N3O4. The summed E-state index contributed by atoms with van der Waals surface area (Å²) in [7, 11) is 1.61. The molecule has 1 N–H and O–H groups in total. The Kier molecular flexibility index (Phi) is 5.26. The Labute approximate surface area is 139 Å². The zero-order chi connectivity index (χ0) is 17.7. The molecule has 7 nitrogen and oxygen atoms in total. The molecule has 2 aromatic carbocycles. The van der Waals surface area contributed by atoms with E-state index in [9.17, 15) is 14.9 Å². The zero-order valence-electron chi connectivity index (χ0n) is 13.6. The van der Waals surface area contributed by atoms with Crippen LogP contribution in [0.3, 0.4) is 0 Å². The van der Waals surface area contributed by atoms with Gasteiger partial charge >= 0.3 is 0 Å². The third-order valence-corrected chi connectivity index (χ3v) is 3.69. The van der Waals surface area contributed by atoms with E-state index < -0.39 is 10.8 Å². The SMILES string of the molecule is COc1ccc(C=NNC(=O)c2cccc([N+](=O)[O-])c2)c(C)c1C. The first kappa shape index (κ1) is 17.1. The van der Waals surface area contributed by atoms with Crippen molar-refractivity contribution in [3.8, 4) is 5.75 Å². The molecule has 0 aliphatic rings. The van der Waals surface area contributed by atoms with E-state index in [4.69, 9.17) is 4.74 Å². The maximum absolute atomic E-state index is 12.0. The lowest BCUT2D eigenvalue weighted by atomic mass is 10.0. The smallest absolute Gasteiger partial charge is 0.271 e. The molecule has 0 saturated heterocycles. The summed E-state index contributed by atoms with van der Waals surface area (Å²) in [5.74, 6) is 0.267. The number of methoxy groups -OCH3 is 1. The molecule has 0 fully saturated rings. The summed E-state index contributed by atoms with van der Waals surface area (Å²) < 4.78 is 5.24. The van der Waals surface area contributed by atoms with Crippen LogP contribution in [0, 0.1) is 24.0 Å². The van der Waals surface area contributed by atoms with Crippen LogP contribution in [0.2, 0.25) is 0 Å². The van der Waals surface area contributed by atoms with Gasteiger partial charge in [0.25, 0.3) is 11.6 Å². The third kappa shape index (κ3) is 3.75. The molecule has 0 atom stereocenters. The molecule has 0 aliphatic heterocycles. The van der Waals surface area contributed by atoms with Crippen LogP contribution in [0.5, 0.6) is 5.75 Å². The molecule has 24 heavy (non-hydrogen) atoms. The molecule has 2 rings (SSSR count). The normalized spacial score (nSPS) is 10.6. The molecule has 124 valence electrons. The van der Waals surface area contributed by atoms with E-state index >= 15 is 0 Å². The van der Waals surface area contributed by atoms with Crippen LogP contribution in [-0.2, 0) is 0 Å². The number of carbonyl (C=O) groups is 1. The van der Waals surface area contributed by atoms with E-state index in [0.29, 0.717) is 0 Å². The van der Waals surface area contributed by atoms with Crippen LogP contribution < -0.4 is 10.2 Å². The fourth-order valence-electron chi connectivity index (χ4n) is 2.16. The molecule has 0 unspecified atom stereocenters. The molecule has 0 aliphatic carbocycles. The highest BCUT2D eigenvalue weighted by molar-refractivity contribution is 5.95. The quantitative estimate of drug-likeness (QED) is 0.519. The minimum absolute atomic E-state index is 0.145. The minimum Gasteiger partial charge on any atom is -0.496 e. The van der Waals surface area contributed by atoms with Crippen molar-refractivity contribution in [1.82, 2.24) is 5.43 Å². The fraction of sp³-hybridized carbons (Fsp3) is 0.176. The van der Waals surface area contributed by atoms with E-state index in [2.05, 4.69) is 10.5 Å². The number of nitrogens with zero attached hydrogens (tertiary/aromatic N) is 2. The molecule has 0 radical (unpaired) electrons. The Bertz CT molecular complexity index is 815. The van der Waals surface area contributed by atoms with Gasteiger partial charge in [0.15, 0.2) is 0 Å². The lowest BCUT2D eigenvalue weighted by Crippen LogP contribution is -2.17. The Hall–Kier alpha value is -3.22. The Balaban J connectivity index is 2.12. The molecule has 2 aromatic rings. The number of benzene rings is 2. The molecule has 1 amide bonds. The lowest BCUT2D eigenvalue weighted by Gasteiger charge is -2.09. The predicted octanol–water partition coefficient (Wildman–Crippen LogP) is 2.98. The van der Waals surface area contributed by atoms with Gasteiger partial charge in [-0.25, -0.2) is 5.43 Å². The molecule has 0 saturated carbocycles.